The van der Waals surface area contributed by atoms with Crippen molar-refractivity contribution in [2.45, 2.75) is 32.1 Å². The number of nitrogens with zero attached hydrogens (tertiary/aromatic N) is 2. The number of nitrogens with one attached hydrogen (secondary N) is 1. The third kappa shape index (κ3) is 3.88. The van der Waals surface area contributed by atoms with E-state index in [0.29, 0.717) is 5.88 Å². The van der Waals surface area contributed by atoms with Crippen molar-refractivity contribution in [3.8, 4) is 11.6 Å². The monoisotopic (exact) mass is 303 g/mol. The van der Waals surface area contributed by atoms with Crippen LogP contribution in [0.5, 0.6) is 11.6 Å². The molecule has 1 aromatic heterocycles. The molecule has 0 amide bonds. The largest absolute Gasteiger partial charge is 0.439 e. The molecule has 0 bridgehead atoms. The van der Waals surface area contributed by atoms with Gasteiger partial charge in [0.05, 0.1) is 5.56 Å². The third-order valence-corrected chi connectivity index (χ3v) is 3.83. The van der Waals surface area contributed by atoms with Gasteiger partial charge in [-0.15, -0.1) is 11.8 Å². The Hall–Kier alpha value is -1.75. The van der Waals surface area contributed by atoms with Crippen molar-refractivity contribution in [3.05, 3.63) is 35.7 Å². The molecular weight excluding hydrogens is 282 g/mol. The maximum absolute atomic E-state index is 5.94. The van der Waals surface area contributed by atoms with Crippen LogP contribution in [0.25, 0.3) is 0 Å². The van der Waals surface area contributed by atoms with Gasteiger partial charge < -0.3 is 10.1 Å². The van der Waals surface area contributed by atoms with E-state index in [1.165, 1.54) is 4.90 Å². The summed E-state index contributed by atoms with van der Waals surface area (Å²) in [5.74, 6) is 3.04. The van der Waals surface area contributed by atoms with E-state index < -0.39 is 0 Å². The summed E-state index contributed by atoms with van der Waals surface area (Å²) in [5.41, 5.74) is 0.933. The average Bonchev–Trinajstić information content (AvgIpc) is 2.52. The number of hydrogen-bond donors (Lipinski definition) is 1. The minimum absolute atomic E-state index is 0.620. The first-order valence-corrected chi connectivity index (χ1v) is 8.33. The van der Waals surface area contributed by atoms with E-state index in [4.69, 9.17) is 4.74 Å². The van der Waals surface area contributed by atoms with Gasteiger partial charge in [0.1, 0.15) is 17.4 Å². The Balaban J connectivity index is 2.30. The highest BCUT2D eigenvalue weighted by molar-refractivity contribution is 7.98. The lowest BCUT2D eigenvalue weighted by Crippen LogP contribution is -2.07. The quantitative estimate of drug-likeness (QED) is 0.806. The molecule has 0 aliphatic rings. The second kappa shape index (κ2) is 7.31. The molecule has 0 aliphatic heterocycles. The van der Waals surface area contributed by atoms with Crippen molar-refractivity contribution in [1.82, 2.24) is 9.97 Å². The normalized spacial score (nSPS) is 10.5. The van der Waals surface area contributed by atoms with Crippen LogP contribution in [0.1, 0.15) is 25.2 Å². The standard InChI is InChI=1S/C16H21N3OS/c1-5-14-18-15(17-6-2)11(3)16(19-14)20-12-7-9-13(21-4)10-8-12/h7-10H,5-6H2,1-4H3,(H,17,18,19). The van der Waals surface area contributed by atoms with Crippen LogP contribution in [0.4, 0.5) is 5.82 Å². The summed E-state index contributed by atoms with van der Waals surface area (Å²) in [4.78, 5) is 10.2. The number of thioether (sulfide) groups is 1. The Morgan fingerprint density at radius 3 is 2.43 bits per heavy atom. The number of ether oxygens (including phenoxy) is 1. The van der Waals surface area contributed by atoms with Crippen molar-refractivity contribution in [2.24, 2.45) is 0 Å². The van der Waals surface area contributed by atoms with Crippen LogP contribution in [0.2, 0.25) is 0 Å². The molecule has 0 fully saturated rings. The maximum atomic E-state index is 5.94. The molecule has 2 aromatic rings. The van der Waals surface area contributed by atoms with Gasteiger partial charge in [0, 0.05) is 17.9 Å². The molecule has 0 unspecified atom stereocenters. The molecule has 5 heteroatoms. The fourth-order valence-corrected chi connectivity index (χ4v) is 2.30. The van der Waals surface area contributed by atoms with E-state index in [0.717, 1.165) is 35.9 Å². The van der Waals surface area contributed by atoms with Crippen molar-refractivity contribution < 1.29 is 4.74 Å². The lowest BCUT2D eigenvalue weighted by Gasteiger charge is -2.13. The molecule has 1 heterocycles. The van der Waals surface area contributed by atoms with E-state index >= 15 is 0 Å². The highest BCUT2D eigenvalue weighted by atomic mass is 32.2. The molecule has 1 aromatic carbocycles. The Morgan fingerprint density at radius 2 is 1.86 bits per heavy atom. The molecule has 112 valence electrons. The molecule has 4 nitrogen and oxygen atoms in total. The molecule has 0 atom stereocenters. The molecular formula is C16H21N3OS. The zero-order chi connectivity index (χ0) is 15.2. The Bertz CT molecular complexity index is 599. The van der Waals surface area contributed by atoms with E-state index in [2.05, 4.69) is 28.5 Å². The van der Waals surface area contributed by atoms with Crippen molar-refractivity contribution in [2.75, 3.05) is 18.1 Å². The number of aromatic nitrogens is 2. The van der Waals surface area contributed by atoms with Gasteiger partial charge in [-0.2, -0.15) is 4.98 Å². The minimum atomic E-state index is 0.620. The summed E-state index contributed by atoms with van der Waals surface area (Å²) < 4.78 is 5.94. The van der Waals surface area contributed by atoms with Crippen molar-refractivity contribution in [1.29, 1.82) is 0 Å². The number of hydrogen-bond acceptors (Lipinski definition) is 5. The van der Waals surface area contributed by atoms with Crippen LogP contribution in [0, 0.1) is 6.92 Å². The van der Waals surface area contributed by atoms with Crippen LogP contribution in [0.3, 0.4) is 0 Å². The Kier molecular flexibility index (Phi) is 5.44. The average molecular weight is 303 g/mol. The van der Waals surface area contributed by atoms with Crippen molar-refractivity contribution >= 4 is 17.6 Å². The first-order valence-electron chi connectivity index (χ1n) is 7.11. The molecule has 21 heavy (non-hydrogen) atoms. The zero-order valence-electron chi connectivity index (χ0n) is 12.9. The topological polar surface area (TPSA) is 47.0 Å². The lowest BCUT2D eigenvalue weighted by molar-refractivity contribution is 0.454. The number of rotatable bonds is 6. The fourth-order valence-electron chi connectivity index (χ4n) is 1.89. The second-order valence-electron chi connectivity index (χ2n) is 4.58. The van der Waals surface area contributed by atoms with Gasteiger partial charge in [0.2, 0.25) is 5.88 Å². The van der Waals surface area contributed by atoms with Gasteiger partial charge in [-0.3, -0.25) is 0 Å². The third-order valence-electron chi connectivity index (χ3n) is 3.08. The summed E-state index contributed by atoms with van der Waals surface area (Å²) >= 11 is 1.71. The summed E-state index contributed by atoms with van der Waals surface area (Å²) in [5, 5.41) is 3.26. The summed E-state index contributed by atoms with van der Waals surface area (Å²) in [7, 11) is 0. The molecule has 0 saturated heterocycles. The molecule has 1 N–H and O–H groups in total. The smallest absolute Gasteiger partial charge is 0.227 e. The van der Waals surface area contributed by atoms with Crippen LogP contribution in [0.15, 0.2) is 29.2 Å². The van der Waals surface area contributed by atoms with Gasteiger partial charge in [0.15, 0.2) is 0 Å². The first-order chi connectivity index (χ1) is 10.2. The van der Waals surface area contributed by atoms with Gasteiger partial charge in [0.25, 0.3) is 0 Å². The van der Waals surface area contributed by atoms with Crippen LogP contribution in [-0.4, -0.2) is 22.8 Å². The highest BCUT2D eigenvalue weighted by Crippen LogP contribution is 2.28. The molecule has 2 rings (SSSR count). The molecule has 0 spiro atoms. The minimum Gasteiger partial charge on any atom is -0.439 e. The predicted molar refractivity (Wildman–Crippen MR) is 88.6 cm³/mol. The first kappa shape index (κ1) is 15.6. The molecule has 0 aliphatic carbocycles. The fraction of sp³-hybridized carbons (Fsp3) is 0.375. The SMILES string of the molecule is CCNc1nc(CC)nc(Oc2ccc(SC)cc2)c1C. The molecule has 0 radical (unpaired) electrons. The zero-order valence-corrected chi connectivity index (χ0v) is 13.8. The van der Waals surface area contributed by atoms with E-state index in [-0.39, 0.29) is 0 Å². The Morgan fingerprint density at radius 1 is 1.14 bits per heavy atom. The summed E-state index contributed by atoms with van der Waals surface area (Å²) in [6.45, 7) is 6.89. The van der Waals surface area contributed by atoms with Crippen molar-refractivity contribution in [3.63, 3.8) is 0 Å². The predicted octanol–water partition coefficient (Wildman–Crippen LogP) is 4.29. The van der Waals surface area contributed by atoms with Gasteiger partial charge in [-0.25, -0.2) is 4.98 Å². The summed E-state index contributed by atoms with van der Waals surface area (Å²) in [6, 6.07) is 8.02. The van der Waals surface area contributed by atoms with E-state index in [9.17, 15) is 0 Å². The number of aryl methyl sites for hydroxylation is 1. The van der Waals surface area contributed by atoms with Crippen LogP contribution >= 0.6 is 11.8 Å². The second-order valence-corrected chi connectivity index (χ2v) is 5.46. The van der Waals surface area contributed by atoms with Gasteiger partial charge >= 0.3 is 0 Å². The van der Waals surface area contributed by atoms with Crippen LogP contribution in [-0.2, 0) is 6.42 Å². The summed E-state index contributed by atoms with van der Waals surface area (Å²) in [6.07, 6.45) is 2.83. The van der Waals surface area contributed by atoms with E-state index in [1.807, 2.05) is 38.1 Å². The lowest BCUT2D eigenvalue weighted by atomic mass is 10.3. The highest BCUT2D eigenvalue weighted by Gasteiger charge is 2.11. The number of anilines is 1. The van der Waals surface area contributed by atoms with E-state index in [1.54, 1.807) is 11.8 Å². The van der Waals surface area contributed by atoms with Gasteiger partial charge in [-0.05, 0) is 44.4 Å². The molecule has 0 saturated carbocycles. The number of benzene rings is 1. The van der Waals surface area contributed by atoms with Gasteiger partial charge in [-0.1, -0.05) is 6.92 Å². The Labute approximate surface area is 130 Å². The van der Waals surface area contributed by atoms with Crippen LogP contribution < -0.4 is 10.1 Å². The maximum Gasteiger partial charge on any atom is 0.227 e.